The number of rotatable bonds is 4. The Hall–Kier alpha value is -3.08. The van der Waals surface area contributed by atoms with Crippen LogP contribution in [0.4, 0.5) is 5.69 Å². The first kappa shape index (κ1) is 16.8. The quantitative estimate of drug-likeness (QED) is 0.634. The summed E-state index contributed by atoms with van der Waals surface area (Å²) in [5, 5.41) is 0. The molecule has 0 atom stereocenters. The predicted octanol–water partition coefficient (Wildman–Crippen LogP) is 3.45. The molecule has 3 rings (SSSR count). The number of Topliss-reactive ketones (excluding diaryl/α,β-unsaturated/α-hetero) is 2. The lowest BCUT2D eigenvalue weighted by molar-refractivity contribution is 0.0925. The number of ketones is 2. The van der Waals surface area contributed by atoms with Crippen LogP contribution in [0.5, 0.6) is 0 Å². The summed E-state index contributed by atoms with van der Waals surface area (Å²) in [5.41, 5.74) is 2.20. The molecular formula is C20H17NO4. The van der Waals surface area contributed by atoms with Gasteiger partial charge < -0.3 is 0 Å². The molecule has 1 aliphatic rings. The van der Waals surface area contributed by atoms with Gasteiger partial charge in [0.1, 0.15) is 0 Å². The zero-order chi connectivity index (χ0) is 18.3. The van der Waals surface area contributed by atoms with E-state index in [0.717, 1.165) is 16.9 Å². The molecule has 0 radical (unpaired) electrons. The lowest BCUT2D eigenvalue weighted by atomic mass is 9.95. The van der Waals surface area contributed by atoms with E-state index < -0.39 is 11.8 Å². The van der Waals surface area contributed by atoms with E-state index in [1.54, 1.807) is 12.1 Å². The van der Waals surface area contributed by atoms with Crippen molar-refractivity contribution in [3.63, 3.8) is 0 Å². The van der Waals surface area contributed by atoms with Crippen LogP contribution < -0.4 is 4.90 Å². The molecule has 25 heavy (non-hydrogen) atoms. The highest BCUT2D eigenvalue weighted by Crippen LogP contribution is 2.31. The van der Waals surface area contributed by atoms with Gasteiger partial charge in [-0.3, -0.25) is 19.2 Å². The molecule has 2 aromatic rings. The number of amides is 2. The lowest BCUT2D eigenvalue weighted by Gasteiger charge is -2.14. The summed E-state index contributed by atoms with van der Waals surface area (Å²) in [6, 6.07) is 9.88. The van der Waals surface area contributed by atoms with Gasteiger partial charge in [0, 0.05) is 11.1 Å². The molecule has 0 aliphatic carbocycles. The molecule has 0 bridgehead atoms. The van der Waals surface area contributed by atoms with Gasteiger partial charge in [-0.15, -0.1) is 0 Å². The highest BCUT2D eigenvalue weighted by molar-refractivity contribution is 6.35. The van der Waals surface area contributed by atoms with E-state index in [1.165, 1.54) is 26.0 Å². The van der Waals surface area contributed by atoms with Crippen LogP contribution in [0, 0.1) is 0 Å². The van der Waals surface area contributed by atoms with E-state index in [4.69, 9.17) is 0 Å². The van der Waals surface area contributed by atoms with E-state index in [2.05, 4.69) is 0 Å². The molecule has 0 saturated heterocycles. The Morgan fingerprint density at radius 3 is 1.64 bits per heavy atom. The fourth-order valence-corrected chi connectivity index (χ4v) is 2.98. The van der Waals surface area contributed by atoms with Gasteiger partial charge in [0.25, 0.3) is 11.8 Å². The Morgan fingerprint density at radius 2 is 1.28 bits per heavy atom. The van der Waals surface area contributed by atoms with Gasteiger partial charge in [0.05, 0.1) is 16.8 Å². The molecule has 5 nitrogen and oxygen atoms in total. The van der Waals surface area contributed by atoms with Gasteiger partial charge in [-0.05, 0) is 50.1 Å². The van der Waals surface area contributed by atoms with Gasteiger partial charge in [-0.2, -0.15) is 0 Å². The average Bonchev–Trinajstić information content (AvgIpc) is 2.84. The first-order valence-corrected chi connectivity index (χ1v) is 8.02. The van der Waals surface area contributed by atoms with Crippen LogP contribution in [0.15, 0.2) is 36.4 Å². The molecule has 5 heteroatoms. The van der Waals surface area contributed by atoms with Crippen molar-refractivity contribution in [2.24, 2.45) is 0 Å². The van der Waals surface area contributed by atoms with E-state index in [-0.39, 0.29) is 33.8 Å². The highest BCUT2D eigenvalue weighted by Gasteiger charge is 2.38. The summed E-state index contributed by atoms with van der Waals surface area (Å²) in [4.78, 5) is 50.2. The molecule has 0 saturated carbocycles. The minimum Gasteiger partial charge on any atom is -0.294 e. The molecule has 0 fully saturated rings. The third-order valence-corrected chi connectivity index (χ3v) is 4.39. The Morgan fingerprint density at radius 1 is 0.840 bits per heavy atom. The molecule has 0 spiro atoms. The second-order valence-corrected chi connectivity index (χ2v) is 6.02. The summed E-state index contributed by atoms with van der Waals surface area (Å²) in [5.74, 6) is -1.61. The maximum Gasteiger partial charge on any atom is 0.266 e. The fourth-order valence-electron chi connectivity index (χ4n) is 2.98. The Labute approximate surface area is 145 Å². The molecule has 1 aliphatic heterocycles. The monoisotopic (exact) mass is 335 g/mol. The van der Waals surface area contributed by atoms with Gasteiger partial charge in [0.2, 0.25) is 0 Å². The van der Waals surface area contributed by atoms with Crippen molar-refractivity contribution in [1.82, 2.24) is 0 Å². The number of carbonyl (C=O) groups excluding carboxylic acids is 4. The lowest BCUT2D eigenvalue weighted by Crippen LogP contribution is -2.29. The van der Waals surface area contributed by atoms with Gasteiger partial charge in [0.15, 0.2) is 11.6 Å². The van der Waals surface area contributed by atoms with Crippen molar-refractivity contribution in [1.29, 1.82) is 0 Å². The number of aryl methyl sites for hydroxylation is 1. The van der Waals surface area contributed by atoms with Crippen molar-refractivity contribution < 1.29 is 19.2 Å². The summed E-state index contributed by atoms with van der Waals surface area (Å²) < 4.78 is 0. The summed E-state index contributed by atoms with van der Waals surface area (Å²) in [7, 11) is 0. The second kappa shape index (κ2) is 6.09. The maximum atomic E-state index is 12.7. The number of hydrogen-bond acceptors (Lipinski definition) is 4. The van der Waals surface area contributed by atoms with Crippen LogP contribution in [-0.2, 0) is 6.42 Å². The molecule has 2 amide bonds. The largest absolute Gasteiger partial charge is 0.294 e. The normalized spacial score (nSPS) is 13.2. The molecule has 0 aromatic heterocycles. The van der Waals surface area contributed by atoms with Crippen molar-refractivity contribution in [2.45, 2.75) is 27.2 Å². The Balaban J connectivity index is 2.12. The standard InChI is InChI=1S/C20H17NO4/c1-4-13-5-7-14(8-6-13)21-19(24)17-9-15(11(2)22)16(12(3)23)10-18(17)20(21)25/h5-10H,4H2,1-3H3. The first-order chi connectivity index (χ1) is 11.8. The van der Waals surface area contributed by atoms with Crippen LogP contribution in [0.3, 0.4) is 0 Å². The first-order valence-electron chi connectivity index (χ1n) is 8.02. The van der Waals surface area contributed by atoms with Crippen LogP contribution in [-0.4, -0.2) is 23.4 Å². The third kappa shape index (κ3) is 2.67. The topological polar surface area (TPSA) is 71.5 Å². The van der Waals surface area contributed by atoms with Crippen LogP contribution >= 0.6 is 0 Å². The average molecular weight is 335 g/mol. The number of hydrogen-bond donors (Lipinski definition) is 0. The van der Waals surface area contributed by atoms with Gasteiger partial charge in [-0.1, -0.05) is 19.1 Å². The van der Waals surface area contributed by atoms with Crippen molar-refractivity contribution in [3.05, 3.63) is 64.2 Å². The molecular weight excluding hydrogens is 318 g/mol. The number of imide groups is 1. The van der Waals surface area contributed by atoms with Gasteiger partial charge in [-0.25, -0.2) is 4.90 Å². The summed E-state index contributed by atoms with van der Waals surface area (Å²) in [6.07, 6.45) is 0.854. The SMILES string of the molecule is CCc1ccc(N2C(=O)c3cc(C(C)=O)c(C(C)=O)cc3C2=O)cc1. The molecule has 126 valence electrons. The minimum absolute atomic E-state index is 0.153. The zero-order valence-electron chi connectivity index (χ0n) is 14.3. The minimum atomic E-state index is -0.484. The number of fused-ring (bicyclic) bond motifs is 1. The van der Waals surface area contributed by atoms with E-state index >= 15 is 0 Å². The van der Waals surface area contributed by atoms with Crippen LogP contribution in [0.2, 0.25) is 0 Å². The Bertz CT molecular complexity index is 872. The zero-order valence-corrected chi connectivity index (χ0v) is 14.3. The molecule has 1 heterocycles. The number of carbonyl (C=O) groups is 4. The maximum absolute atomic E-state index is 12.7. The molecule has 2 aromatic carbocycles. The van der Waals surface area contributed by atoms with E-state index in [9.17, 15) is 19.2 Å². The van der Waals surface area contributed by atoms with Crippen LogP contribution in [0.25, 0.3) is 0 Å². The number of benzene rings is 2. The van der Waals surface area contributed by atoms with E-state index in [1.807, 2.05) is 19.1 Å². The highest BCUT2D eigenvalue weighted by atomic mass is 16.2. The molecule has 0 N–H and O–H groups in total. The molecule has 0 unspecified atom stereocenters. The number of anilines is 1. The van der Waals surface area contributed by atoms with Gasteiger partial charge >= 0.3 is 0 Å². The fraction of sp³-hybridized carbons (Fsp3) is 0.200. The van der Waals surface area contributed by atoms with Crippen molar-refractivity contribution >= 4 is 29.1 Å². The number of nitrogens with zero attached hydrogens (tertiary/aromatic N) is 1. The van der Waals surface area contributed by atoms with E-state index in [0.29, 0.717) is 5.69 Å². The second-order valence-electron chi connectivity index (χ2n) is 6.02. The summed E-state index contributed by atoms with van der Waals surface area (Å²) >= 11 is 0. The smallest absolute Gasteiger partial charge is 0.266 e. The van der Waals surface area contributed by atoms with Crippen molar-refractivity contribution in [2.75, 3.05) is 4.90 Å². The third-order valence-electron chi connectivity index (χ3n) is 4.39. The Kier molecular flexibility index (Phi) is 4.08. The summed E-state index contributed by atoms with van der Waals surface area (Å²) in [6.45, 7) is 4.68. The predicted molar refractivity (Wildman–Crippen MR) is 93.4 cm³/mol. The van der Waals surface area contributed by atoms with Crippen LogP contribution in [0.1, 0.15) is 67.8 Å². The van der Waals surface area contributed by atoms with Crippen molar-refractivity contribution in [3.8, 4) is 0 Å².